The number of carbonyl (C=O) groups excluding carboxylic acids is 1. The van der Waals surface area contributed by atoms with E-state index in [4.69, 9.17) is 4.74 Å². The molecule has 0 spiro atoms. The smallest absolute Gasteiger partial charge is 0.269 e. The second-order valence-corrected chi connectivity index (χ2v) is 10.1. The fourth-order valence-corrected chi connectivity index (χ4v) is 5.00. The molecule has 0 radical (unpaired) electrons. The van der Waals surface area contributed by atoms with Crippen molar-refractivity contribution in [1.82, 2.24) is 10.2 Å². The van der Waals surface area contributed by atoms with Gasteiger partial charge in [-0.2, -0.15) is 0 Å². The molecule has 1 aromatic heterocycles. The number of benzene rings is 1. The van der Waals surface area contributed by atoms with Crippen LogP contribution in [0.3, 0.4) is 0 Å². The van der Waals surface area contributed by atoms with Crippen molar-refractivity contribution in [3.8, 4) is 5.75 Å². The Morgan fingerprint density at radius 1 is 1.46 bits per heavy atom. The second-order valence-electron chi connectivity index (χ2n) is 5.67. The van der Waals surface area contributed by atoms with Crippen molar-refractivity contribution in [2.24, 2.45) is 0 Å². The first-order valence-electron chi connectivity index (χ1n) is 7.80. The number of nitrogens with one attached hydrogen (secondary N) is 1. The number of sulfonamides is 1. The fraction of sp³-hybridized carbons (Fsp3) is 0.400. The van der Waals surface area contributed by atoms with Crippen LogP contribution in [0.1, 0.15) is 12.5 Å². The molecule has 0 saturated heterocycles. The molecule has 1 atom stereocenters. The average Bonchev–Trinajstić information content (AvgIpc) is 3.00. The van der Waals surface area contributed by atoms with Crippen molar-refractivity contribution in [1.29, 1.82) is 0 Å². The summed E-state index contributed by atoms with van der Waals surface area (Å²) in [5.74, 6) is 0.745. The normalized spacial score (nSPS) is 16.7. The minimum atomic E-state index is -3.55. The van der Waals surface area contributed by atoms with Gasteiger partial charge in [0, 0.05) is 0 Å². The number of hydrogen-bond donors (Lipinski definition) is 1. The van der Waals surface area contributed by atoms with E-state index in [0.29, 0.717) is 16.6 Å². The minimum Gasteiger partial charge on any atom is -0.476 e. The molecule has 0 fully saturated rings. The number of rotatable bonds is 5. The molecule has 3 rings (SSSR count). The van der Waals surface area contributed by atoms with Gasteiger partial charge in [0.05, 0.1) is 18.5 Å². The molecule has 0 unspecified atom stereocenters. The molecular formula is C15H18N4O4S3. The van der Waals surface area contributed by atoms with E-state index < -0.39 is 22.0 Å². The Hall–Kier alpha value is -1.85. The molecule has 1 amide bonds. The van der Waals surface area contributed by atoms with Gasteiger partial charge in [-0.3, -0.25) is 14.4 Å². The van der Waals surface area contributed by atoms with Crippen LogP contribution in [0.4, 0.5) is 10.8 Å². The first-order valence-corrected chi connectivity index (χ1v) is 11.4. The Morgan fingerprint density at radius 2 is 2.23 bits per heavy atom. The molecule has 2 aromatic rings. The predicted octanol–water partition coefficient (Wildman–Crippen LogP) is 2.12. The molecule has 1 aliphatic heterocycles. The van der Waals surface area contributed by atoms with Crippen molar-refractivity contribution in [3.63, 3.8) is 0 Å². The molecule has 8 nitrogen and oxygen atoms in total. The maximum absolute atomic E-state index is 12.6. The van der Waals surface area contributed by atoms with Gasteiger partial charge in [-0.1, -0.05) is 36.1 Å². The zero-order valence-corrected chi connectivity index (χ0v) is 16.9. The van der Waals surface area contributed by atoms with E-state index in [9.17, 15) is 13.2 Å². The van der Waals surface area contributed by atoms with Crippen molar-refractivity contribution < 1.29 is 17.9 Å². The average molecular weight is 415 g/mol. The van der Waals surface area contributed by atoms with Gasteiger partial charge in [0.2, 0.25) is 15.2 Å². The molecule has 0 bridgehead atoms. The van der Waals surface area contributed by atoms with E-state index in [1.54, 1.807) is 18.2 Å². The van der Waals surface area contributed by atoms with Crippen molar-refractivity contribution in [3.05, 3.63) is 23.8 Å². The van der Waals surface area contributed by atoms with Gasteiger partial charge in [0.25, 0.3) is 5.91 Å². The van der Waals surface area contributed by atoms with Gasteiger partial charge in [0.15, 0.2) is 10.4 Å². The fourth-order valence-electron chi connectivity index (χ4n) is 2.44. The lowest BCUT2D eigenvalue weighted by molar-refractivity contribution is -0.122. The van der Waals surface area contributed by atoms with E-state index in [0.717, 1.165) is 21.9 Å². The lowest BCUT2D eigenvalue weighted by atomic mass is 10.1. The number of ether oxygens (including phenoxy) is 1. The van der Waals surface area contributed by atoms with E-state index in [1.807, 2.05) is 13.8 Å². The molecule has 140 valence electrons. The highest BCUT2D eigenvalue weighted by Gasteiger charge is 2.35. The minimum absolute atomic E-state index is 0.101. The predicted molar refractivity (Wildman–Crippen MR) is 103 cm³/mol. The Morgan fingerprint density at radius 3 is 2.92 bits per heavy atom. The molecule has 2 heterocycles. The zero-order chi connectivity index (χ0) is 18.9. The number of hydrogen-bond acceptors (Lipinski definition) is 8. The highest BCUT2D eigenvalue weighted by Crippen LogP contribution is 2.36. The molecule has 1 N–H and O–H groups in total. The topological polar surface area (TPSA) is 101 Å². The number of anilines is 2. The summed E-state index contributed by atoms with van der Waals surface area (Å²) < 4.78 is 32.0. The van der Waals surface area contributed by atoms with Crippen LogP contribution in [0.2, 0.25) is 0 Å². The quantitative estimate of drug-likeness (QED) is 0.591. The number of thioether (sulfide) groups is 1. The lowest BCUT2D eigenvalue weighted by Crippen LogP contribution is -2.48. The third kappa shape index (κ3) is 4.10. The second kappa shape index (κ2) is 7.41. The van der Waals surface area contributed by atoms with Crippen molar-refractivity contribution >= 4 is 49.8 Å². The van der Waals surface area contributed by atoms with Crippen LogP contribution in [-0.4, -0.2) is 49.2 Å². The maximum Gasteiger partial charge on any atom is 0.269 e. The molecule has 11 heteroatoms. The molecule has 1 aliphatic rings. The zero-order valence-electron chi connectivity index (χ0n) is 14.4. The van der Waals surface area contributed by atoms with Gasteiger partial charge < -0.3 is 4.74 Å². The number of nitrogens with zero attached hydrogens (tertiary/aromatic N) is 3. The van der Waals surface area contributed by atoms with Gasteiger partial charge in [-0.25, -0.2) is 8.42 Å². The molecule has 26 heavy (non-hydrogen) atoms. The molecule has 1 aromatic carbocycles. The summed E-state index contributed by atoms with van der Waals surface area (Å²) in [5.41, 5.74) is 1.34. The van der Waals surface area contributed by atoms with Crippen molar-refractivity contribution in [2.45, 2.75) is 24.3 Å². The number of carbonyl (C=O) groups is 1. The van der Waals surface area contributed by atoms with E-state index in [2.05, 4.69) is 15.5 Å². The standard InChI is InChI=1S/C15H18N4O4S3/c1-4-24-15-18-17-14(25-15)16-13(20)12-8-19(26(3,21)22)10-7-9(2)5-6-11(10)23-12/h5-7,12H,4,8H2,1-3H3,(H,16,17,20)/t12-/m1/s1. The largest absolute Gasteiger partial charge is 0.476 e. The van der Waals surface area contributed by atoms with Gasteiger partial charge >= 0.3 is 0 Å². The highest BCUT2D eigenvalue weighted by molar-refractivity contribution is 8.01. The summed E-state index contributed by atoms with van der Waals surface area (Å²) in [6.07, 6.45) is 0.129. The van der Waals surface area contributed by atoms with E-state index >= 15 is 0 Å². The van der Waals surface area contributed by atoms with Gasteiger partial charge in [0.1, 0.15) is 5.75 Å². The first-order chi connectivity index (χ1) is 12.3. The number of amides is 1. The third-order valence-corrected chi connectivity index (χ3v) is 6.58. The van der Waals surface area contributed by atoms with Gasteiger partial charge in [-0.15, -0.1) is 10.2 Å². The SMILES string of the molecule is CCSc1nnc(NC(=O)[C@H]2CN(S(C)(=O)=O)c3cc(C)ccc3O2)s1. The van der Waals surface area contributed by atoms with Crippen LogP contribution >= 0.6 is 23.1 Å². The summed E-state index contributed by atoms with van der Waals surface area (Å²) in [6, 6.07) is 5.20. The molecule has 0 aliphatic carbocycles. The van der Waals surface area contributed by atoms with Crippen molar-refractivity contribution in [2.75, 3.05) is 28.2 Å². The van der Waals surface area contributed by atoms with Crippen LogP contribution in [0.15, 0.2) is 22.5 Å². The first kappa shape index (κ1) is 18.9. The summed E-state index contributed by atoms with van der Waals surface area (Å²) in [7, 11) is -3.55. The van der Waals surface area contributed by atoms with E-state index in [1.165, 1.54) is 27.4 Å². The van der Waals surface area contributed by atoms with Crippen LogP contribution in [0.25, 0.3) is 0 Å². The molecule has 0 saturated carbocycles. The number of aryl methyl sites for hydroxylation is 1. The van der Waals surface area contributed by atoms with Crippen LogP contribution in [-0.2, 0) is 14.8 Å². The Balaban J connectivity index is 1.82. The number of aromatic nitrogens is 2. The summed E-state index contributed by atoms with van der Waals surface area (Å²) in [4.78, 5) is 12.6. The highest BCUT2D eigenvalue weighted by atomic mass is 32.2. The summed E-state index contributed by atoms with van der Waals surface area (Å²) in [5, 5.41) is 10.9. The maximum atomic E-state index is 12.6. The Kier molecular flexibility index (Phi) is 5.39. The van der Waals surface area contributed by atoms with Crippen LogP contribution < -0.4 is 14.4 Å². The molecular weight excluding hydrogens is 396 g/mol. The monoisotopic (exact) mass is 414 g/mol. The third-order valence-electron chi connectivity index (χ3n) is 3.58. The Labute approximate surface area is 160 Å². The van der Waals surface area contributed by atoms with E-state index in [-0.39, 0.29) is 6.54 Å². The number of fused-ring (bicyclic) bond motifs is 1. The Bertz CT molecular complexity index is 929. The lowest BCUT2D eigenvalue weighted by Gasteiger charge is -2.34. The summed E-state index contributed by atoms with van der Waals surface area (Å²) in [6.45, 7) is 3.76. The summed E-state index contributed by atoms with van der Waals surface area (Å²) >= 11 is 2.79. The van der Waals surface area contributed by atoms with Gasteiger partial charge in [-0.05, 0) is 30.4 Å². The van der Waals surface area contributed by atoms with Crippen LogP contribution in [0.5, 0.6) is 5.75 Å². The van der Waals surface area contributed by atoms with Crippen LogP contribution in [0, 0.1) is 6.92 Å².